The van der Waals surface area contributed by atoms with E-state index < -0.39 is 0 Å². The van der Waals surface area contributed by atoms with E-state index in [4.69, 9.17) is 0 Å². The van der Waals surface area contributed by atoms with Crippen LogP contribution in [-0.2, 0) is 4.79 Å². The van der Waals surface area contributed by atoms with E-state index in [2.05, 4.69) is 22.0 Å². The number of benzene rings is 1. The molecular weight excluding hydrogens is 278 g/mol. The summed E-state index contributed by atoms with van der Waals surface area (Å²) in [5.74, 6) is 0.0324. The average Bonchev–Trinajstić information content (AvgIpc) is 2.49. The third kappa shape index (κ3) is 5.09. The maximum atomic E-state index is 12.1. The SMILES string of the molecule is CC[C@H]1CN(CC(=O)Nc2ccccc2)CCN1C[C@@H](C)O. The van der Waals surface area contributed by atoms with Crippen LogP contribution in [0.4, 0.5) is 5.69 Å². The van der Waals surface area contributed by atoms with Gasteiger partial charge in [-0.25, -0.2) is 0 Å². The van der Waals surface area contributed by atoms with Gasteiger partial charge < -0.3 is 10.4 Å². The van der Waals surface area contributed by atoms with Crippen molar-refractivity contribution in [2.24, 2.45) is 0 Å². The van der Waals surface area contributed by atoms with Gasteiger partial charge in [-0.3, -0.25) is 14.6 Å². The van der Waals surface area contributed by atoms with Crippen LogP contribution >= 0.6 is 0 Å². The Balaban J connectivity index is 1.83. The van der Waals surface area contributed by atoms with Gasteiger partial charge in [0, 0.05) is 37.9 Å². The number of amides is 1. The van der Waals surface area contributed by atoms with Crippen molar-refractivity contribution in [1.29, 1.82) is 0 Å². The molecule has 1 aromatic carbocycles. The first kappa shape index (κ1) is 16.9. The number of piperazine rings is 1. The van der Waals surface area contributed by atoms with Crippen molar-refractivity contribution in [3.05, 3.63) is 30.3 Å². The van der Waals surface area contributed by atoms with E-state index in [-0.39, 0.29) is 12.0 Å². The largest absolute Gasteiger partial charge is 0.392 e. The fourth-order valence-electron chi connectivity index (χ4n) is 2.99. The topological polar surface area (TPSA) is 55.8 Å². The summed E-state index contributed by atoms with van der Waals surface area (Å²) >= 11 is 0. The second-order valence-corrected chi connectivity index (χ2v) is 6.06. The molecule has 1 aliphatic rings. The van der Waals surface area contributed by atoms with Gasteiger partial charge in [0.15, 0.2) is 0 Å². The summed E-state index contributed by atoms with van der Waals surface area (Å²) in [7, 11) is 0. The minimum Gasteiger partial charge on any atom is -0.392 e. The first-order valence-corrected chi connectivity index (χ1v) is 8.08. The molecule has 0 aliphatic carbocycles. The number of para-hydroxylation sites is 1. The number of anilines is 1. The summed E-state index contributed by atoms with van der Waals surface area (Å²) in [5.41, 5.74) is 0.840. The summed E-state index contributed by atoms with van der Waals surface area (Å²) < 4.78 is 0. The van der Waals surface area contributed by atoms with Crippen LogP contribution in [0.5, 0.6) is 0 Å². The molecule has 2 rings (SSSR count). The van der Waals surface area contributed by atoms with E-state index in [9.17, 15) is 9.90 Å². The van der Waals surface area contributed by atoms with Gasteiger partial charge in [0.25, 0.3) is 0 Å². The first-order chi connectivity index (χ1) is 10.6. The highest BCUT2D eigenvalue weighted by atomic mass is 16.3. The lowest BCUT2D eigenvalue weighted by atomic mass is 10.1. The van der Waals surface area contributed by atoms with Crippen molar-refractivity contribution in [3.63, 3.8) is 0 Å². The van der Waals surface area contributed by atoms with Crippen LogP contribution in [0, 0.1) is 0 Å². The number of rotatable bonds is 6. The maximum Gasteiger partial charge on any atom is 0.238 e. The standard InChI is InChI=1S/C17H27N3O2/c1-3-16-12-19(9-10-20(16)11-14(2)21)13-17(22)18-15-7-5-4-6-8-15/h4-8,14,16,21H,3,9-13H2,1-2H3,(H,18,22)/t14-,16+/m1/s1. The fraction of sp³-hybridized carbons (Fsp3) is 0.588. The number of carbonyl (C=O) groups excluding carboxylic acids is 1. The number of β-amino-alcohol motifs (C(OH)–C–C–N with tert-alkyl or cyclic N) is 1. The normalized spacial score (nSPS) is 21.5. The lowest BCUT2D eigenvalue weighted by Crippen LogP contribution is -2.55. The summed E-state index contributed by atoms with van der Waals surface area (Å²) in [6.07, 6.45) is 0.728. The van der Waals surface area contributed by atoms with Gasteiger partial charge in [-0.05, 0) is 25.5 Å². The molecule has 1 amide bonds. The Morgan fingerprint density at radius 1 is 1.36 bits per heavy atom. The molecule has 22 heavy (non-hydrogen) atoms. The van der Waals surface area contributed by atoms with Crippen LogP contribution < -0.4 is 5.32 Å². The van der Waals surface area contributed by atoms with Gasteiger partial charge in [-0.15, -0.1) is 0 Å². The monoisotopic (exact) mass is 305 g/mol. The Bertz CT molecular complexity index is 464. The van der Waals surface area contributed by atoms with E-state index in [0.29, 0.717) is 19.1 Å². The lowest BCUT2D eigenvalue weighted by molar-refractivity contribution is -0.118. The highest BCUT2D eigenvalue weighted by molar-refractivity contribution is 5.92. The molecule has 1 saturated heterocycles. The van der Waals surface area contributed by atoms with Gasteiger partial charge in [-0.2, -0.15) is 0 Å². The Morgan fingerprint density at radius 3 is 2.73 bits per heavy atom. The molecule has 0 bridgehead atoms. The van der Waals surface area contributed by atoms with Crippen LogP contribution in [0.15, 0.2) is 30.3 Å². The van der Waals surface area contributed by atoms with Crippen molar-refractivity contribution in [2.45, 2.75) is 32.4 Å². The van der Waals surface area contributed by atoms with Crippen LogP contribution in [0.1, 0.15) is 20.3 Å². The van der Waals surface area contributed by atoms with E-state index in [1.54, 1.807) is 0 Å². The third-order valence-electron chi connectivity index (χ3n) is 4.08. The molecule has 1 fully saturated rings. The van der Waals surface area contributed by atoms with Crippen molar-refractivity contribution >= 4 is 11.6 Å². The molecule has 1 aromatic rings. The molecule has 1 heterocycles. The molecule has 0 aromatic heterocycles. The zero-order valence-corrected chi connectivity index (χ0v) is 13.5. The van der Waals surface area contributed by atoms with Gasteiger partial charge >= 0.3 is 0 Å². The molecule has 1 aliphatic heterocycles. The van der Waals surface area contributed by atoms with Gasteiger partial charge in [0.2, 0.25) is 5.91 Å². The van der Waals surface area contributed by atoms with Gasteiger partial charge in [0.05, 0.1) is 12.6 Å². The van der Waals surface area contributed by atoms with Gasteiger partial charge in [0.1, 0.15) is 0 Å². The van der Waals surface area contributed by atoms with Crippen molar-refractivity contribution in [1.82, 2.24) is 9.80 Å². The number of hydrogen-bond acceptors (Lipinski definition) is 4. The van der Waals surface area contributed by atoms with Crippen LogP contribution in [0.3, 0.4) is 0 Å². The van der Waals surface area contributed by atoms with Crippen LogP contribution in [0.25, 0.3) is 0 Å². The Labute approximate surface area is 132 Å². The molecule has 0 saturated carbocycles. The van der Waals surface area contributed by atoms with E-state index >= 15 is 0 Å². The lowest BCUT2D eigenvalue weighted by Gasteiger charge is -2.41. The van der Waals surface area contributed by atoms with Crippen LogP contribution in [0.2, 0.25) is 0 Å². The summed E-state index contributed by atoms with van der Waals surface area (Å²) in [6.45, 7) is 7.77. The highest BCUT2D eigenvalue weighted by Crippen LogP contribution is 2.13. The first-order valence-electron chi connectivity index (χ1n) is 8.08. The van der Waals surface area contributed by atoms with E-state index in [0.717, 1.165) is 31.7 Å². The molecule has 5 heteroatoms. The van der Waals surface area contributed by atoms with Crippen LogP contribution in [-0.4, -0.2) is 65.7 Å². The minimum absolute atomic E-state index is 0.0324. The zero-order chi connectivity index (χ0) is 15.9. The fourth-order valence-corrected chi connectivity index (χ4v) is 2.99. The number of nitrogens with one attached hydrogen (secondary N) is 1. The van der Waals surface area contributed by atoms with Gasteiger partial charge in [-0.1, -0.05) is 25.1 Å². The molecule has 2 N–H and O–H groups in total. The van der Waals surface area contributed by atoms with E-state index in [1.165, 1.54) is 0 Å². The van der Waals surface area contributed by atoms with Crippen molar-refractivity contribution < 1.29 is 9.90 Å². The average molecular weight is 305 g/mol. The Morgan fingerprint density at radius 2 is 2.09 bits per heavy atom. The summed E-state index contributed by atoms with van der Waals surface area (Å²) in [6, 6.07) is 9.96. The highest BCUT2D eigenvalue weighted by Gasteiger charge is 2.27. The number of aliphatic hydroxyl groups is 1. The predicted molar refractivity (Wildman–Crippen MR) is 88.8 cm³/mol. The summed E-state index contributed by atoms with van der Waals surface area (Å²) in [4.78, 5) is 16.7. The number of nitrogens with zero attached hydrogens (tertiary/aromatic N) is 2. The smallest absolute Gasteiger partial charge is 0.238 e. The number of hydrogen-bond donors (Lipinski definition) is 2. The van der Waals surface area contributed by atoms with Crippen molar-refractivity contribution in [3.8, 4) is 0 Å². The maximum absolute atomic E-state index is 12.1. The Kier molecular flexibility index (Phi) is 6.36. The molecule has 0 spiro atoms. The number of aliphatic hydroxyl groups excluding tert-OH is 1. The predicted octanol–water partition coefficient (Wildman–Crippen LogP) is 1.40. The molecular formula is C17H27N3O2. The molecule has 0 unspecified atom stereocenters. The number of carbonyl (C=O) groups is 1. The minimum atomic E-state index is -0.304. The molecule has 122 valence electrons. The molecule has 5 nitrogen and oxygen atoms in total. The molecule has 0 radical (unpaired) electrons. The Hall–Kier alpha value is -1.43. The second kappa shape index (κ2) is 8.27. The summed E-state index contributed by atoms with van der Waals surface area (Å²) in [5, 5.41) is 12.5. The van der Waals surface area contributed by atoms with E-state index in [1.807, 2.05) is 37.3 Å². The second-order valence-electron chi connectivity index (χ2n) is 6.06. The van der Waals surface area contributed by atoms with Crippen molar-refractivity contribution in [2.75, 3.05) is 38.0 Å². The zero-order valence-electron chi connectivity index (χ0n) is 13.5. The third-order valence-corrected chi connectivity index (χ3v) is 4.08. The quantitative estimate of drug-likeness (QED) is 0.834. The molecule has 2 atom stereocenters.